The van der Waals surface area contributed by atoms with E-state index in [2.05, 4.69) is 300 Å². The number of para-hydroxylation sites is 3. The van der Waals surface area contributed by atoms with Crippen LogP contribution in [0.5, 0.6) is 11.5 Å². The third-order valence-electron chi connectivity index (χ3n) is 20.2. The van der Waals surface area contributed by atoms with Crippen molar-refractivity contribution in [1.29, 1.82) is 0 Å². The third kappa shape index (κ3) is 7.89. The van der Waals surface area contributed by atoms with E-state index >= 15 is 0 Å². The molecule has 16 rings (SSSR count). The summed E-state index contributed by atoms with van der Waals surface area (Å²) < 4.78 is 14.0. The van der Waals surface area contributed by atoms with Crippen LogP contribution in [0.1, 0.15) is 157 Å². The van der Waals surface area contributed by atoms with E-state index in [1.165, 1.54) is 87.7 Å². The molecule has 2 spiro atoms. The van der Waals surface area contributed by atoms with Gasteiger partial charge in [0, 0.05) is 48.6 Å². The van der Waals surface area contributed by atoms with Crippen LogP contribution in [0.4, 0.5) is 17.1 Å². The number of allylic oxidation sites excluding steroid dienone is 4. The van der Waals surface area contributed by atoms with Crippen LogP contribution >= 0.6 is 11.8 Å². The van der Waals surface area contributed by atoms with Crippen molar-refractivity contribution in [3.63, 3.8) is 0 Å². The highest BCUT2D eigenvalue weighted by molar-refractivity contribution is 7.99. The van der Waals surface area contributed by atoms with Gasteiger partial charge in [-0.2, -0.15) is 0 Å². The lowest BCUT2D eigenvalue weighted by Gasteiger charge is -2.43. The summed E-state index contributed by atoms with van der Waals surface area (Å²) in [6, 6.07) is 78.9. The first-order chi connectivity index (χ1) is 42.1. The summed E-state index contributed by atoms with van der Waals surface area (Å²) in [7, 11) is 0. The van der Waals surface area contributed by atoms with E-state index in [0.717, 1.165) is 85.6 Å². The first-order valence-electron chi connectivity index (χ1n) is 31.7. The van der Waals surface area contributed by atoms with Crippen LogP contribution in [-0.2, 0) is 27.1 Å². The Morgan fingerprint density at radius 2 is 0.932 bits per heavy atom. The summed E-state index contributed by atoms with van der Waals surface area (Å²) in [6.45, 7) is 28.3. The van der Waals surface area contributed by atoms with Gasteiger partial charge in [0.05, 0.1) is 16.5 Å². The second kappa shape index (κ2) is 19.0. The highest BCUT2D eigenvalue weighted by Gasteiger charge is 2.54. The zero-order chi connectivity index (χ0) is 60.6. The van der Waals surface area contributed by atoms with Crippen molar-refractivity contribution in [2.24, 2.45) is 5.41 Å². The Morgan fingerprint density at radius 3 is 1.62 bits per heavy atom. The molecule has 0 amide bonds. The average Bonchev–Trinajstić information content (AvgIpc) is 1.48. The number of fused-ring (bicyclic) bond motifs is 20. The molecule has 0 saturated heterocycles. The van der Waals surface area contributed by atoms with Gasteiger partial charge in [-0.3, -0.25) is 0 Å². The Morgan fingerprint density at radius 1 is 0.386 bits per heavy atom. The van der Waals surface area contributed by atoms with Gasteiger partial charge < -0.3 is 14.1 Å². The minimum Gasteiger partial charge on any atom is -0.457 e. The van der Waals surface area contributed by atoms with Gasteiger partial charge in [0.25, 0.3) is 0 Å². The molecule has 0 fully saturated rings. The van der Waals surface area contributed by atoms with Crippen molar-refractivity contribution in [2.45, 2.75) is 133 Å². The number of ether oxygens (including phenoxy) is 1. The number of furan rings is 1. The maximum absolute atomic E-state index is 7.29. The molecule has 3 aliphatic carbocycles. The van der Waals surface area contributed by atoms with Gasteiger partial charge in [0.15, 0.2) is 0 Å². The number of benzene rings is 10. The summed E-state index contributed by atoms with van der Waals surface area (Å²) >= 11 is 1.92. The van der Waals surface area contributed by atoms with Crippen LogP contribution in [0.25, 0.3) is 49.8 Å². The van der Waals surface area contributed by atoms with E-state index in [1.807, 2.05) is 11.8 Å². The molecule has 1 atom stereocenters. The van der Waals surface area contributed by atoms with E-state index in [-0.39, 0.29) is 21.7 Å². The lowest BCUT2D eigenvalue weighted by molar-refractivity contribution is 0.436. The van der Waals surface area contributed by atoms with Crippen molar-refractivity contribution in [3.8, 4) is 33.8 Å². The maximum Gasteiger partial charge on any atom is 0.136 e. The van der Waals surface area contributed by atoms with Crippen molar-refractivity contribution in [1.82, 2.24) is 0 Å². The first kappa shape index (κ1) is 54.8. The molecule has 11 aromatic rings. The summed E-state index contributed by atoms with van der Waals surface area (Å²) in [5.74, 6) is 1.75. The molecular formula is C84H75NO2S. The topological polar surface area (TPSA) is 25.6 Å². The highest BCUT2D eigenvalue weighted by atomic mass is 32.2. The van der Waals surface area contributed by atoms with Gasteiger partial charge >= 0.3 is 0 Å². The SMILES string of the molecule is CC(C)(C)C1=CC2=C(CC1)c1ccc(C(C)(C)C)cc1C21c2ccccc2Sc2ccc(N(c3ccc4c(c3)C3(c5ccccc5O4)c4cc(C(C)(C)C)ccc4-c4ccc(C(C)(C)C)cc43)c3ccccc3-c3cccc4oc5ccccc5c34)cc21. The van der Waals surface area contributed by atoms with Crippen molar-refractivity contribution < 1.29 is 9.15 Å². The number of rotatable bonds is 4. The van der Waals surface area contributed by atoms with E-state index in [1.54, 1.807) is 0 Å². The quantitative estimate of drug-likeness (QED) is 0.175. The second-order valence-corrected chi connectivity index (χ2v) is 30.6. The Bertz CT molecular complexity index is 4800. The van der Waals surface area contributed by atoms with Gasteiger partial charge in [-0.15, -0.1) is 0 Å². The largest absolute Gasteiger partial charge is 0.457 e. The molecular weight excluding hydrogens is 1090 g/mol. The van der Waals surface area contributed by atoms with Gasteiger partial charge in [-0.1, -0.05) is 246 Å². The fraction of sp³-hybridized carbons (Fsp3) is 0.238. The molecule has 0 bridgehead atoms. The van der Waals surface area contributed by atoms with Crippen LogP contribution in [0.2, 0.25) is 0 Å². The number of hydrogen-bond acceptors (Lipinski definition) is 4. The van der Waals surface area contributed by atoms with Crippen LogP contribution in [0.3, 0.4) is 0 Å². The Balaban J connectivity index is 1.02. The molecule has 5 aliphatic rings. The molecule has 88 heavy (non-hydrogen) atoms. The molecule has 1 unspecified atom stereocenters. The normalized spacial score (nSPS) is 17.0. The fourth-order valence-corrected chi connectivity index (χ4v) is 16.9. The molecule has 1 aromatic heterocycles. The Labute approximate surface area is 523 Å². The molecule has 434 valence electrons. The predicted octanol–water partition coefficient (Wildman–Crippen LogP) is 23.4. The molecule has 3 heterocycles. The molecule has 10 aromatic carbocycles. The fourth-order valence-electron chi connectivity index (χ4n) is 15.7. The monoisotopic (exact) mass is 1160 g/mol. The van der Waals surface area contributed by atoms with Crippen LogP contribution in [-0.4, -0.2) is 0 Å². The van der Waals surface area contributed by atoms with E-state index < -0.39 is 10.8 Å². The number of hydrogen-bond donors (Lipinski definition) is 0. The molecule has 2 aliphatic heterocycles. The standard InChI is InChI=1S/C84H75NO2S/c1-79(2,3)50-32-38-56-57-39-33-51(80(4,5)6)45-66(57)83(65(56)44-50)63-25-15-19-29-73(63)87-74-42-36-54(48-69(74)83)85(71-27-17-13-22-60(71)61-24-21-30-75-78(61)62-23-14-18-28-72(62)86-75)55-37-43-77-70(49-55)84(64-26-16-20-31-76(64)88-77)67-46-52(81(7,8)9)34-40-58(67)59-41-35-53(47-68(59)84)82(10,11)12/h13-34,36-40,42-49H,35,41H2,1-12H3. The van der Waals surface area contributed by atoms with Crippen LogP contribution < -0.4 is 9.64 Å². The van der Waals surface area contributed by atoms with Crippen molar-refractivity contribution >= 4 is 56.3 Å². The number of anilines is 3. The third-order valence-corrected chi connectivity index (χ3v) is 21.4. The highest BCUT2D eigenvalue weighted by Crippen LogP contribution is 2.67. The van der Waals surface area contributed by atoms with E-state index in [4.69, 9.17) is 9.15 Å². The van der Waals surface area contributed by atoms with Gasteiger partial charge in [0.2, 0.25) is 0 Å². The summed E-state index contributed by atoms with van der Waals surface area (Å²) in [5, 5.41) is 2.21. The van der Waals surface area contributed by atoms with Crippen molar-refractivity contribution in [2.75, 3.05) is 4.90 Å². The van der Waals surface area contributed by atoms with E-state index in [9.17, 15) is 0 Å². The molecule has 0 saturated carbocycles. The zero-order valence-corrected chi connectivity index (χ0v) is 53.6. The summed E-state index contributed by atoms with van der Waals surface area (Å²) in [5.41, 5.74) is 26.8. The first-order valence-corrected chi connectivity index (χ1v) is 32.5. The minimum atomic E-state index is -0.737. The van der Waals surface area contributed by atoms with Gasteiger partial charge in [-0.05, 0) is 179 Å². The lowest BCUT2D eigenvalue weighted by Crippen LogP contribution is -2.34. The summed E-state index contributed by atoms with van der Waals surface area (Å²) in [4.78, 5) is 5.16. The Kier molecular flexibility index (Phi) is 11.8. The predicted molar refractivity (Wildman–Crippen MR) is 368 cm³/mol. The zero-order valence-electron chi connectivity index (χ0n) is 52.8. The second-order valence-electron chi connectivity index (χ2n) is 29.5. The smallest absolute Gasteiger partial charge is 0.136 e. The molecule has 3 nitrogen and oxygen atoms in total. The van der Waals surface area contributed by atoms with Gasteiger partial charge in [-0.25, -0.2) is 0 Å². The van der Waals surface area contributed by atoms with Crippen LogP contribution in [0, 0.1) is 5.41 Å². The minimum absolute atomic E-state index is 0.000630. The molecule has 0 N–H and O–H groups in total. The van der Waals surface area contributed by atoms with Crippen molar-refractivity contribution in [3.05, 3.63) is 285 Å². The maximum atomic E-state index is 7.29. The Hall–Kier alpha value is -8.57. The molecule has 0 radical (unpaired) electrons. The lowest BCUT2D eigenvalue weighted by atomic mass is 9.64. The summed E-state index contributed by atoms with van der Waals surface area (Å²) in [6.07, 6.45) is 4.70. The van der Waals surface area contributed by atoms with E-state index in [0.29, 0.717) is 0 Å². The average molecular weight is 1160 g/mol. The molecule has 4 heteroatoms. The number of nitrogens with zero attached hydrogens (tertiary/aromatic N) is 1. The van der Waals surface area contributed by atoms with Crippen LogP contribution in [0.15, 0.2) is 238 Å². The van der Waals surface area contributed by atoms with Gasteiger partial charge in [0.1, 0.15) is 22.7 Å².